The van der Waals surface area contributed by atoms with Crippen LogP contribution in [-0.2, 0) is 5.41 Å². The molecule has 2 heterocycles. The summed E-state index contributed by atoms with van der Waals surface area (Å²) in [5.74, 6) is 0.566. The van der Waals surface area contributed by atoms with Crippen LogP contribution in [0, 0.1) is 12.7 Å². The Morgan fingerprint density at radius 1 is 1.27 bits per heavy atom. The van der Waals surface area contributed by atoms with Crippen LogP contribution in [-0.4, -0.2) is 18.6 Å². The van der Waals surface area contributed by atoms with Gasteiger partial charge in [0.05, 0.1) is 12.8 Å². The first-order chi connectivity index (χ1) is 12.5. The summed E-state index contributed by atoms with van der Waals surface area (Å²) in [5, 5.41) is 1.07. The molecule has 0 N–H and O–H groups in total. The number of methoxy groups -OCH3 is 1. The predicted molar refractivity (Wildman–Crippen MR) is 104 cm³/mol. The lowest BCUT2D eigenvalue weighted by atomic mass is 9.82. The van der Waals surface area contributed by atoms with Gasteiger partial charge in [-0.15, -0.1) is 0 Å². The Bertz CT molecular complexity index is 1000. The first kappa shape index (κ1) is 16.8. The van der Waals surface area contributed by atoms with Crippen LogP contribution in [0.5, 0.6) is 5.75 Å². The van der Waals surface area contributed by atoms with Crippen LogP contribution < -0.4 is 9.64 Å². The van der Waals surface area contributed by atoms with Gasteiger partial charge in [-0.3, -0.25) is 4.98 Å². The van der Waals surface area contributed by atoms with Gasteiger partial charge in [0.1, 0.15) is 17.1 Å². The molecule has 134 valence electrons. The van der Waals surface area contributed by atoms with Crippen molar-refractivity contribution in [2.24, 2.45) is 0 Å². The van der Waals surface area contributed by atoms with Crippen LogP contribution >= 0.6 is 0 Å². The molecule has 0 aliphatic carbocycles. The van der Waals surface area contributed by atoms with Crippen LogP contribution in [0.15, 0.2) is 42.6 Å². The zero-order chi connectivity index (χ0) is 18.5. The van der Waals surface area contributed by atoms with E-state index in [-0.39, 0.29) is 11.2 Å². The molecule has 1 aliphatic heterocycles. The van der Waals surface area contributed by atoms with Gasteiger partial charge in [-0.25, -0.2) is 4.39 Å². The molecule has 0 bridgehead atoms. The Kier molecular flexibility index (Phi) is 3.87. The Hall–Kier alpha value is -2.62. The Labute approximate surface area is 153 Å². The highest BCUT2D eigenvalue weighted by Crippen LogP contribution is 2.50. The lowest BCUT2D eigenvalue weighted by molar-refractivity contribution is 0.419. The normalized spacial score (nSPS) is 19.0. The van der Waals surface area contributed by atoms with Crippen molar-refractivity contribution >= 4 is 22.3 Å². The van der Waals surface area contributed by atoms with Gasteiger partial charge in [0.15, 0.2) is 0 Å². The Balaban J connectivity index is 2.03. The number of fused-ring (bicyclic) bond motifs is 3. The molecule has 0 saturated carbocycles. The minimum atomic E-state index is -0.204. The molecule has 2 aromatic carbocycles. The Morgan fingerprint density at radius 3 is 2.77 bits per heavy atom. The van der Waals surface area contributed by atoms with Crippen molar-refractivity contribution in [2.75, 3.05) is 18.6 Å². The van der Waals surface area contributed by atoms with Crippen LogP contribution in [0.3, 0.4) is 0 Å². The largest absolute Gasteiger partial charge is 0.494 e. The predicted octanol–water partition coefficient (Wildman–Crippen LogP) is 5.51. The number of anilines is 2. The Morgan fingerprint density at radius 2 is 2.08 bits per heavy atom. The van der Waals surface area contributed by atoms with Crippen LogP contribution in [0.2, 0.25) is 0 Å². The van der Waals surface area contributed by atoms with Gasteiger partial charge in [0.2, 0.25) is 0 Å². The zero-order valence-electron chi connectivity index (χ0n) is 15.6. The average Bonchev–Trinajstić information content (AvgIpc) is 2.95. The monoisotopic (exact) mass is 350 g/mol. The van der Waals surface area contributed by atoms with Crippen molar-refractivity contribution in [2.45, 2.75) is 32.6 Å². The van der Waals surface area contributed by atoms with E-state index in [1.54, 1.807) is 13.2 Å². The summed E-state index contributed by atoms with van der Waals surface area (Å²) >= 11 is 0. The fourth-order valence-electron chi connectivity index (χ4n) is 4.02. The first-order valence-electron chi connectivity index (χ1n) is 8.98. The van der Waals surface area contributed by atoms with Gasteiger partial charge in [-0.2, -0.15) is 0 Å². The summed E-state index contributed by atoms with van der Waals surface area (Å²) in [6.45, 7) is 7.30. The second-order valence-electron chi connectivity index (χ2n) is 7.31. The zero-order valence-corrected chi connectivity index (χ0v) is 15.6. The molecule has 26 heavy (non-hydrogen) atoms. The molecule has 1 atom stereocenters. The van der Waals surface area contributed by atoms with Crippen molar-refractivity contribution in [1.82, 2.24) is 4.98 Å². The fourth-order valence-corrected chi connectivity index (χ4v) is 4.02. The van der Waals surface area contributed by atoms with Gasteiger partial charge in [0, 0.05) is 34.8 Å². The molecule has 1 aliphatic rings. The molecule has 3 nitrogen and oxygen atoms in total. The number of ether oxygens (including phenoxy) is 1. The topological polar surface area (TPSA) is 25.4 Å². The van der Waals surface area contributed by atoms with Crippen LogP contribution in [0.1, 0.15) is 31.4 Å². The maximum Gasteiger partial charge on any atom is 0.145 e. The van der Waals surface area contributed by atoms with E-state index in [4.69, 9.17) is 9.72 Å². The third-order valence-corrected chi connectivity index (χ3v) is 5.71. The highest BCUT2D eigenvalue weighted by molar-refractivity contribution is 6.00. The molecule has 0 radical (unpaired) electrons. The maximum atomic E-state index is 13.7. The van der Waals surface area contributed by atoms with Crippen molar-refractivity contribution in [3.05, 3.63) is 59.5 Å². The average molecular weight is 350 g/mol. The number of benzene rings is 2. The van der Waals surface area contributed by atoms with E-state index in [9.17, 15) is 4.39 Å². The van der Waals surface area contributed by atoms with E-state index in [0.717, 1.165) is 46.6 Å². The number of hydrogen-bond acceptors (Lipinski definition) is 3. The summed E-state index contributed by atoms with van der Waals surface area (Å²) in [6, 6.07) is 11.0. The van der Waals surface area contributed by atoms with Gasteiger partial charge < -0.3 is 9.64 Å². The number of halogens is 1. The van der Waals surface area contributed by atoms with E-state index in [1.165, 1.54) is 11.6 Å². The minimum Gasteiger partial charge on any atom is -0.494 e. The molecule has 1 unspecified atom stereocenters. The fraction of sp³-hybridized carbons (Fsp3) is 0.318. The summed E-state index contributed by atoms with van der Waals surface area (Å²) in [5.41, 5.74) is 5.24. The third kappa shape index (κ3) is 2.36. The third-order valence-electron chi connectivity index (χ3n) is 5.71. The number of hydrogen-bond donors (Lipinski definition) is 0. The van der Waals surface area contributed by atoms with E-state index in [1.807, 2.05) is 31.3 Å². The molecule has 0 amide bonds. The molecule has 0 spiro atoms. The number of nitrogens with zero attached hydrogens (tertiary/aromatic N) is 2. The van der Waals surface area contributed by atoms with Gasteiger partial charge in [-0.1, -0.05) is 26.0 Å². The standard InChI is InChI=1S/C22H23FN2O/c1-5-22(3)13-25(18-10-9-15(23)11-14(18)2)21-16-7-6-8-19(26-4)20(16)24-12-17(21)22/h6-12H,5,13H2,1-4H3. The van der Waals surface area contributed by atoms with E-state index < -0.39 is 0 Å². The van der Waals surface area contributed by atoms with Gasteiger partial charge >= 0.3 is 0 Å². The van der Waals surface area contributed by atoms with Gasteiger partial charge in [-0.05, 0) is 43.2 Å². The lowest BCUT2D eigenvalue weighted by Gasteiger charge is -2.26. The number of pyridine rings is 1. The molecular weight excluding hydrogens is 327 g/mol. The summed E-state index contributed by atoms with van der Waals surface area (Å²) in [4.78, 5) is 7.04. The smallest absolute Gasteiger partial charge is 0.145 e. The minimum absolute atomic E-state index is 0.000423. The molecule has 1 aromatic heterocycles. The summed E-state index contributed by atoms with van der Waals surface area (Å²) < 4.78 is 19.2. The van der Waals surface area contributed by atoms with Crippen molar-refractivity contribution in [1.29, 1.82) is 0 Å². The summed E-state index contributed by atoms with van der Waals surface area (Å²) in [7, 11) is 1.67. The molecule has 0 fully saturated rings. The van der Waals surface area contributed by atoms with Crippen molar-refractivity contribution < 1.29 is 9.13 Å². The van der Waals surface area contributed by atoms with Crippen molar-refractivity contribution in [3.63, 3.8) is 0 Å². The van der Waals surface area contributed by atoms with Crippen LogP contribution in [0.25, 0.3) is 10.9 Å². The van der Waals surface area contributed by atoms with Crippen molar-refractivity contribution in [3.8, 4) is 5.75 Å². The van der Waals surface area contributed by atoms with E-state index in [2.05, 4.69) is 24.8 Å². The molecular formula is C22H23FN2O. The number of aromatic nitrogens is 1. The molecule has 0 saturated heterocycles. The molecule has 4 heteroatoms. The second kappa shape index (κ2) is 5.97. The second-order valence-corrected chi connectivity index (χ2v) is 7.31. The summed E-state index contributed by atoms with van der Waals surface area (Å²) in [6.07, 6.45) is 3.00. The highest BCUT2D eigenvalue weighted by atomic mass is 19.1. The molecule has 3 aromatic rings. The molecule has 4 rings (SSSR count). The van der Waals surface area contributed by atoms with E-state index >= 15 is 0 Å². The number of rotatable bonds is 3. The highest BCUT2D eigenvalue weighted by Gasteiger charge is 2.40. The van der Waals surface area contributed by atoms with E-state index in [0.29, 0.717) is 0 Å². The SMILES string of the molecule is CCC1(C)CN(c2ccc(F)cc2C)c2c1cnc1c(OC)cccc21. The quantitative estimate of drug-likeness (QED) is 0.623. The van der Waals surface area contributed by atoms with Gasteiger partial charge in [0.25, 0.3) is 0 Å². The number of aryl methyl sites for hydroxylation is 1. The lowest BCUT2D eigenvalue weighted by Crippen LogP contribution is -2.28. The number of para-hydroxylation sites is 1. The maximum absolute atomic E-state index is 13.7. The van der Waals surface area contributed by atoms with Crippen LogP contribution in [0.4, 0.5) is 15.8 Å². The first-order valence-corrected chi connectivity index (χ1v) is 8.98.